The smallest absolute Gasteiger partial charge is 0.236 e. The van der Waals surface area contributed by atoms with Crippen LogP contribution in [0.3, 0.4) is 0 Å². The van der Waals surface area contributed by atoms with Crippen LogP contribution in [0.5, 0.6) is 0 Å². The van der Waals surface area contributed by atoms with Crippen LogP contribution in [0.15, 0.2) is 24.3 Å². The molecular formula is C19H34Cl2N4O3S. The van der Waals surface area contributed by atoms with E-state index in [1.165, 1.54) is 9.87 Å². The van der Waals surface area contributed by atoms with Gasteiger partial charge >= 0.3 is 0 Å². The van der Waals surface area contributed by atoms with Crippen molar-refractivity contribution < 1.29 is 13.2 Å². The number of aryl methyl sites for hydroxylation is 1. The van der Waals surface area contributed by atoms with Crippen LogP contribution in [0.1, 0.15) is 31.7 Å². The molecule has 1 aliphatic heterocycles. The normalized spacial score (nSPS) is 15.8. The number of unbranched alkanes of at least 4 members (excludes halogenated alkanes) is 1. The van der Waals surface area contributed by atoms with Crippen molar-refractivity contribution in [1.82, 2.24) is 9.62 Å². The summed E-state index contributed by atoms with van der Waals surface area (Å²) in [5.41, 5.74) is 7.95. The van der Waals surface area contributed by atoms with Gasteiger partial charge in [-0.25, -0.2) is 8.42 Å². The van der Waals surface area contributed by atoms with Crippen LogP contribution in [0.4, 0.5) is 5.69 Å². The standard InChI is InChI=1S/C19H32N4O3S.2ClH/c1-3-4-7-17(14-20)21-19(24)15-27(25,26)23-11-9-22(10-12-23)18-8-5-6-16(2)13-18;;/h5-6,8,13,17H,3-4,7,9-12,14-15,20H2,1-2H3,(H,21,24);2*1H. The lowest BCUT2D eigenvalue weighted by molar-refractivity contribution is -0.119. The van der Waals surface area contributed by atoms with Gasteiger partial charge in [0, 0.05) is 44.5 Å². The first kappa shape index (κ1) is 27.9. The Labute approximate surface area is 187 Å². The second-order valence-corrected chi connectivity index (χ2v) is 9.09. The maximum Gasteiger partial charge on any atom is 0.236 e. The molecule has 0 saturated carbocycles. The SMILES string of the molecule is CCCCC(CN)NC(=O)CS(=O)(=O)N1CCN(c2cccc(C)c2)CC1.Cl.Cl. The number of hydrogen-bond donors (Lipinski definition) is 2. The third-order valence-electron chi connectivity index (χ3n) is 4.87. The van der Waals surface area contributed by atoms with E-state index in [0.717, 1.165) is 24.9 Å². The summed E-state index contributed by atoms with van der Waals surface area (Å²) in [6.45, 7) is 6.44. The van der Waals surface area contributed by atoms with Crippen LogP contribution in [0.25, 0.3) is 0 Å². The van der Waals surface area contributed by atoms with Crippen LogP contribution in [0, 0.1) is 6.92 Å². The minimum atomic E-state index is -3.62. The van der Waals surface area contributed by atoms with Gasteiger partial charge in [-0.05, 0) is 31.0 Å². The van der Waals surface area contributed by atoms with Crippen molar-refractivity contribution in [3.63, 3.8) is 0 Å². The number of nitrogens with one attached hydrogen (secondary N) is 1. The molecule has 1 aliphatic rings. The molecule has 1 fully saturated rings. The van der Waals surface area contributed by atoms with Crippen LogP contribution in [-0.4, -0.2) is 63.1 Å². The van der Waals surface area contributed by atoms with E-state index in [4.69, 9.17) is 5.73 Å². The number of hydrogen-bond acceptors (Lipinski definition) is 5. The molecular weight excluding hydrogens is 435 g/mol. The van der Waals surface area contributed by atoms with Gasteiger partial charge in [-0.15, -0.1) is 24.8 Å². The van der Waals surface area contributed by atoms with Crippen molar-refractivity contribution in [2.24, 2.45) is 5.73 Å². The van der Waals surface area contributed by atoms with Gasteiger partial charge in [-0.3, -0.25) is 4.79 Å². The number of nitrogens with zero attached hydrogens (tertiary/aromatic N) is 2. The van der Waals surface area contributed by atoms with Gasteiger partial charge in [0.25, 0.3) is 0 Å². The number of piperazine rings is 1. The highest BCUT2D eigenvalue weighted by Crippen LogP contribution is 2.19. The van der Waals surface area contributed by atoms with Gasteiger partial charge in [-0.2, -0.15) is 4.31 Å². The lowest BCUT2D eigenvalue weighted by Gasteiger charge is -2.35. The van der Waals surface area contributed by atoms with Crippen molar-refractivity contribution in [3.05, 3.63) is 29.8 Å². The third kappa shape index (κ3) is 8.68. The molecule has 0 radical (unpaired) electrons. The number of rotatable bonds is 9. The minimum absolute atomic E-state index is 0. The molecule has 1 saturated heterocycles. The summed E-state index contributed by atoms with van der Waals surface area (Å²) >= 11 is 0. The Morgan fingerprint density at radius 2 is 1.86 bits per heavy atom. The van der Waals surface area contributed by atoms with Gasteiger partial charge in [0.2, 0.25) is 15.9 Å². The predicted molar refractivity (Wildman–Crippen MR) is 124 cm³/mol. The molecule has 1 atom stereocenters. The van der Waals surface area contributed by atoms with Crippen molar-refractivity contribution in [3.8, 4) is 0 Å². The number of benzene rings is 1. The fraction of sp³-hybridized carbons (Fsp3) is 0.632. The summed E-state index contributed by atoms with van der Waals surface area (Å²) in [4.78, 5) is 14.3. The molecule has 0 aliphatic carbocycles. The van der Waals surface area contributed by atoms with Crippen LogP contribution < -0.4 is 16.0 Å². The Morgan fingerprint density at radius 1 is 1.21 bits per heavy atom. The topological polar surface area (TPSA) is 95.7 Å². The lowest BCUT2D eigenvalue weighted by atomic mass is 10.1. The largest absolute Gasteiger partial charge is 0.369 e. The average molecular weight is 469 g/mol. The van der Waals surface area contributed by atoms with Gasteiger partial charge in [-0.1, -0.05) is 31.9 Å². The number of carbonyl (C=O) groups is 1. The van der Waals surface area contributed by atoms with Gasteiger partial charge in [0.15, 0.2) is 0 Å². The number of halogens is 2. The fourth-order valence-electron chi connectivity index (χ4n) is 3.27. The quantitative estimate of drug-likeness (QED) is 0.576. The molecule has 1 aromatic carbocycles. The van der Waals surface area contributed by atoms with Crippen molar-refractivity contribution in [2.45, 2.75) is 39.2 Å². The number of amides is 1. The molecule has 7 nitrogen and oxygen atoms in total. The molecule has 0 bridgehead atoms. The summed E-state index contributed by atoms with van der Waals surface area (Å²) < 4.78 is 26.6. The van der Waals surface area contributed by atoms with Crippen molar-refractivity contribution >= 4 is 46.4 Å². The first-order valence-electron chi connectivity index (χ1n) is 9.64. The zero-order chi connectivity index (χ0) is 19.9. The highest BCUT2D eigenvalue weighted by Gasteiger charge is 2.29. The molecule has 1 unspecified atom stereocenters. The highest BCUT2D eigenvalue weighted by atomic mass is 35.5. The van der Waals surface area contributed by atoms with E-state index < -0.39 is 21.7 Å². The summed E-state index contributed by atoms with van der Waals surface area (Å²) in [7, 11) is -3.62. The maximum absolute atomic E-state index is 12.6. The Bertz CT molecular complexity index is 726. The Kier molecular flexibility index (Phi) is 12.8. The first-order chi connectivity index (χ1) is 12.9. The average Bonchev–Trinajstić information content (AvgIpc) is 2.64. The molecule has 10 heteroatoms. The molecule has 1 amide bonds. The van der Waals surface area contributed by atoms with E-state index in [1.807, 2.05) is 25.1 Å². The van der Waals surface area contributed by atoms with E-state index in [1.54, 1.807) is 0 Å². The van der Waals surface area contributed by atoms with Gasteiger partial charge in [0.1, 0.15) is 5.75 Å². The highest BCUT2D eigenvalue weighted by molar-refractivity contribution is 7.89. The van der Waals surface area contributed by atoms with Crippen LogP contribution >= 0.6 is 24.8 Å². The van der Waals surface area contributed by atoms with E-state index >= 15 is 0 Å². The zero-order valence-electron chi connectivity index (χ0n) is 17.2. The molecule has 168 valence electrons. The van der Waals surface area contributed by atoms with Crippen LogP contribution in [-0.2, 0) is 14.8 Å². The van der Waals surface area contributed by atoms with Crippen LogP contribution in [0.2, 0.25) is 0 Å². The second kappa shape index (κ2) is 13.3. The van der Waals surface area contributed by atoms with E-state index in [9.17, 15) is 13.2 Å². The summed E-state index contributed by atoms with van der Waals surface area (Å²) in [5, 5.41) is 2.76. The molecule has 3 N–H and O–H groups in total. The van der Waals surface area contributed by atoms with Crippen molar-refractivity contribution in [1.29, 1.82) is 0 Å². The summed E-state index contributed by atoms with van der Waals surface area (Å²) in [6.07, 6.45) is 2.74. The maximum atomic E-state index is 12.6. The molecule has 1 heterocycles. The van der Waals surface area contributed by atoms with E-state index in [2.05, 4.69) is 23.2 Å². The Balaban J connectivity index is 0.00000392. The second-order valence-electron chi connectivity index (χ2n) is 7.12. The monoisotopic (exact) mass is 468 g/mol. The minimum Gasteiger partial charge on any atom is -0.369 e. The molecule has 1 aromatic rings. The summed E-state index contributed by atoms with van der Waals surface area (Å²) in [6, 6.07) is 8.02. The molecule has 0 spiro atoms. The van der Waals surface area contributed by atoms with E-state index in [-0.39, 0.29) is 30.9 Å². The van der Waals surface area contributed by atoms with Crippen molar-refractivity contribution in [2.75, 3.05) is 43.4 Å². The zero-order valence-corrected chi connectivity index (χ0v) is 19.6. The van der Waals surface area contributed by atoms with E-state index in [0.29, 0.717) is 32.7 Å². The molecule has 0 aromatic heterocycles. The summed E-state index contributed by atoms with van der Waals surface area (Å²) in [5.74, 6) is -0.984. The number of sulfonamides is 1. The fourth-order valence-corrected chi connectivity index (χ4v) is 4.59. The predicted octanol–water partition coefficient (Wildman–Crippen LogP) is 1.92. The van der Waals surface area contributed by atoms with Gasteiger partial charge in [0.05, 0.1) is 0 Å². The number of carbonyl (C=O) groups excluding carboxylic acids is 1. The first-order valence-corrected chi connectivity index (χ1v) is 11.3. The molecule has 2 rings (SSSR count). The number of anilines is 1. The number of nitrogens with two attached hydrogens (primary N) is 1. The van der Waals surface area contributed by atoms with Gasteiger partial charge < -0.3 is 16.0 Å². The molecule has 29 heavy (non-hydrogen) atoms. The Morgan fingerprint density at radius 3 is 2.41 bits per heavy atom. The lowest BCUT2D eigenvalue weighted by Crippen LogP contribution is -2.51. The third-order valence-corrected chi connectivity index (χ3v) is 6.65. The Hall–Kier alpha value is -1.06.